The number of nitrogens with zero attached hydrogens (tertiary/aromatic N) is 2. The molecule has 11 nitrogen and oxygen atoms in total. The summed E-state index contributed by atoms with van der Waals surface area (Å²) in [4.78, 5) is 43.6. The first-order valence-corrected chi connectivity index (χ1v) is 13.9. The van der Waals surface area contributed by atoms with Gasteiger partial charge in [-0.25, -0.2) is 8.42 Å². The van der Waals surface area contributed by atoms with Crippen LogP contribution in [0.15, 0.2) is 70.6 Å². The number of guanidine groups is 1. The molecule has 0 radical (unpaired) electrons. The molecular weight excluding hydrogens is 508 g/mol. The van der Waals surface area contributed by atoms with Crippen LogP contribution in [0.5, 0.6) is 0 Å². The molecule has 0 spiro atoms. The van der Waals surface area contributed by atoms with E-state index >= 15 is 0 Å². The molecule has 12 heteroatoms. The normalized spacial score (nSPS) is 16.8. The molecular formula is C26H34N6O5S. The van der Waals surface area contributed by atoms with Crippen molar-refractivity contribution in [2.45, 2.75) is 55.1 Å². The number of sulfonamides is 1. The Morgan fingerprint density at radius 1 is 1.08 bits per heavy atom. The SMILES string of the molecule is NC(N)=NCCC[C@@H](C=O)NC(=O)[C@@H]1CCCN1C(=O)[C@@H](Cc1ccccc1)NS(=O)(=O)c1ccccc1. The van der Waals surface area contributed by atoms with E-state index in [0.29, 0.717) is 45.1 Å². The number of likely N-dealkylation sites (tertiary alicyclic amines) is 1. The Labute approximate surface area is 222 Å². The Hall–Kier alpha value is -3.77. The van der Waals surface area contributed by atoms with E-state index in [-0.39, 0.29) is 17.3 Å². The highest BCUT2D eigenvalue weighted by molar-refractivity contribution is 7.89. The Morgan fingerprint density at radius 3 is 2.37 bits per heavy atom. The number of carbonyl (C=O) groups is 3. The number of carbonyl (C=O) groups excluding carboxylic acids is 3. The summed E-state index contributed by atoms with van der Waals surface area (Å²) in [7, 11) is -4.01. The van der Waals surface area contributed by atoms with Crippen molar-refractivity contribution >= 4 is 34.1 Å². The molecule has 3 rings (SSSR count). The van der Waals surface area contributed by atoms with Gasteiger partial charge in [0.15, 0.2) is 5.96 Å². The number of aliphatic imine (C=N–C) groups is 1. The summed E-state index contributed by atoms with van der Waals surface area (Å²) in [6.07, 6.45) is 2.54. The van der Waals surface area contributed by atoms with E-state index in [9.17, 15) is 22.8 Å². The first-order chi connectivity index (χ1) is 18.2. The lowest BCUT2D eigenvalue weighted by Gasteiger charge is -2.29. The maximum Gasteiger partial charge on any atom is 0.243 e. The van der Waals surface area contributed by atoms with Crippen LogP contribution in [0.25, 0.3) is 0 Å². The average molecular weight is 543 g/mol. The summed E-state index contributed by atoms with van der Waals surface area (Å²) in [5, 5.41) is 2.69. The summed E-state index contributed by atoms with van der Waals surface area (Å²) >= 11 is 0. The predicted octanol–water partition coefficient (Wildman–Crippen LogP) is 0.305. The van der Waals surface area contributed by atoms with E-state index in [1.807, 2.05) is 18.2 Å². The molecule has 6 N–H and O–H groups in total. The molecule has 1 fully saturated rings. The van der Waals surface area contributed by atoms with Crippen LogP contribution in [-0.4, -0.2) is 68.6 Å². The van der Waals surface area contributed by atoms with E-state index in [1.165, 1.54) is 17.0 Å². The zero-order valence-electron chi connectivity index (χ0n) is 21.0. The lowest BCUT2D eigenvalue weighted by molar-refractivity contribution is -0.140. The summed E-state index contributed by atoms with van der Waals surface area (Å²) in [5.74, 6) is -1.01. The van der Waals surface area contributed by atoms with E-state index in [4.69, 9.17) is 11.5 Å². The summed E-state index contributed by atoms with van der Waals surface area (Å²) in [6.45, 7) is 0.616. The largest absolute Gasteiger partial charge is 0.370 e. The van der Waals surface area contributed by atoms with Gasteiger partial charge in [-0.3, -0.25) is 14.6 Å². The number of benzene rings is 2. The minimum atomic E-state index is -4.01. The second-order valence-electron chi connectivity index (χ2n) is 9.07. The van der Waals surface area contributed by atoms with Gasteiger partial charge in [0, 0.05) is 13.1 Å². The predicted molar refractivity (Wildman–Crippen MR) is 143 cm³/mol. The van der Waals surface area contributed by atoms with Crippen LogP contribution in [0, 0.1) is 0 Å². The highest BCUT2D eigenvalue weighted by Crippen LogP contribution is 2.21. The van der Waals surface area contributed by atoms with Crippen molar-refractivity contribution in [2.24, 2.45) is 16.5 Å². The second-order valence-corrected chi connectivity index (χ2v) is 10.8. The summed E-state index contributed by atoms with van der Waals surface area (Å²) < 4.78 is 28.7. The van der Waals surface area contributed by atoms with Crippen molar-refractivity contribution in [3.05, 3.63) is 66.2 Å². The average Bonchev–Trinajstić information content (AvgIpc) is 3.40. The number of hydrogen-bond donors (Lipinski definition) is 4. The molecule has 0 unspecified atom stereocenters. The number of rotatable bonds is 13. The fourth-order valence-electron chi connectivity index (χ4n) is 4.36. The Kier molecular flexibility index (Phi) is 10.4. The van der Waals surface area contributed by atoms with Gasteiger partial charge in [-0.1, -0.05) is 48.5 Å². The van der Waals surface area contributed by atoms with Crippen molar-refractivity contribution in [1.29, 1.82) is 0 Å². The summed E-state index contributed by atoms with van der Waals surface area (Å²) in [5.41, 5.74) is 11.4. The Bertz CT molecular complexity index is 1220. The molecule has 1 heterocycles. The van der Waals surface area contributed by atoms with Gasteiger partial charge in [-0.15, -0.1) is 0 Å². The third-order valence-corrected chi connectivity index (χ3v) is 7.72. The van der Waals surface area contributed by atoms with Crippen molar-refractivity contribution in [1.82, 2.24) is 14.9 Å². The van der Waals surface area contributed by atoms with Gasteiger partial charge in [0.1, 0.15) is 18.4 Å². The van der Waals surface area contributed by atoms with E-state index in [1.54, 1.807) is 30.3 Å². The quantitative estimate of drug-likeness (QED) is 0.122. The van der Waals surface area contributed by atoms with Gasteiger partial charge >= 0.3 is 0 Å². The smallest absolute Gasteiger partial charge is 0.243 e. The molecule has 0 bridgehead atoms. The number of aldehydes is 1. The van der Waals surface area contributed by atoms with Crippen LogP contribution in [0.1, 0.15) is 31.2 Å². The number of nitrogens with one attached hydrogen (secondary N) is 2. The van der Waals surface area contributed by atoms with Gasteiger partial charge in [-0.2, -0.15) is 4.72 Å². The summed E-state index contributed by atoms with van der Waals surface area (Å²) in [6, 6.07) is 14.2. The van der Waals surface area contributed by atoms with Gasteiger partial charge in [-0.05, 0) is 49.8 Å². The standard InChI is InChI=1S/C26H34N6O5S/c27-26(28)29-15-7-11-20(18-33)30-24(34)23-14-8-16-32(23)25(35)22(17-19-9-3-1-4-10-19)31-38(36,37)21-12-5-2-6-13-21/h1-6,9-10,12-13,18,20,22-23,31H,7-8,11,14-17H2,(H,30,34)(H4,27,28,29)/t20-,22+,23-/m0/s1. The van der Waals surface area contributed by atoms with Gasteiger partial charge in [0.2, 0.25) is 21.8 Å². The van der Waals surface area contributed by atoms with Gasteiger partial charge in [0.25, 0.3) is 0 Å². The molecule has 38 heavy (non-hydrogen) atoms. The zero-order chi connectivity index (χ0) is 27.5. The minimum Gasteiger partial charge on any atom is -0.370 e. The lowest BCUT2D eigenvalue weighted by atomic mass is 10.0. The van der Waals surface area contributed by atoms with Crippen molar-refractivity contribution in [3.63, 3.8) is 0 Å². The Morgan fingerprint density at radius 2 is 1.74 bits per heavy atom. The topological polar surface area (TPSA) is 177 Å². The van der Waals surface area contributed by atoms with E-state index in [0.717, 1.165) is 5.56 Å². The van der Waals surface area contributed by atoms with Crippen LogP contribution in [0.2, 0.25) is 0 Å². The number of amides is 2. The van der Waals surface area contributed by atoms with E-state index < -0.39 is 40.0 Å². The van der Waals surface area contributed by atoms with Gasteiger partial charge < -0.3 is 26.5 Å². The molecule has 204 valence electrons. The monoisotopic (exact) mass is 542 g/mol. The molecule has 1 aliphatic heterocycles. The van der Waals surface area contributed by atoms with Gasteiger partial charge in [0.05, 0.1) is 10.9 Å². The lowest BCUT2D eigenvalue weighted by Crippen LogP contribution is -2.55. The first kappa shape index (κ1) is 28.8. The molecule has 2 aromatic carbocycles. The molecule has 0 aromatic heterocycles. The molecule has 3 atom stereocenters. The minimum absolute atomic E-state index is 0.0381. The van der Waals surface area contributed by atoms with Crippen LogP contribution in [-0.2, 0) is 30.8 Å². The Balaban J connectivity index is 1.75. The first-order valence-electron chi connectivity index (χ1n) is 12.4. The van der Waals surface area contributed by atoms with Crippen LogP contribution >= 0.6 is 0 Å². The van der Waals surface area contributed by atoms with Crippen LogP contribution < -0.4 is 21.5 Å². The van der Waals surface area contributed by atoms with Crippen molar-refractivity contribution in [3.8, 4) is 0 Å². The number of nitrogens with two attached hydrogens (primary N) is 2. The zero-order valence-corrected chi connectivity index (χ0v) is 21.8. The molecule has 2 amide bonds. The highest BCUT2D eigenvalue weighted by atomic mass is 32.2. The van der Waals surface area contributed by atoms with Crippen molar-refractivity contribution in [2.75, 3.05) is 13.1 Å². The highest BCUT2D eigenvalue weighted by Gasteiger charge is 2.39. The van der Waals surface area contributed by atoms with E-state index in [2.05, 4.69) is 15.0 Å². The van der Waals surface area contributed by atoms with Crippen LogP contribution in [0.3, 0.4) is 0 Å². The maximum absolute atomic E-state index is 13.7. The van der Waals surface area contributed by atoms with Crippen molar-refractivity contribution < 1.29 is 22.8 Å². The van der Waals surface area contributed by atoms with Crippen LogP contribution in [0.4, 0.5) is 0 Å². The fraction of sp³-hybridized carbons (Fsp3) is 0.385. The molecule has 0 aliphatic carbocycles. The number of hydrogen-bond acceptors (Lipinski definition) is 6. The third-order valence-electron chi connectivity index (χ3n) is 6.23. The third kappa shape index (κ3) is 8.12. The fourth-order valence-corrected chi connectivity index (χ4v) is 5.57. The molecule has 1 saturated heterocycles. The maximum atomic E-state index is 13.7. The molecule has 1 aliphatic rings. The molecule has 2 aromatic rings. The molecule has 0 saturated carbocycles. The second kappa shape index (κ2) is 13.7.